The van der Waals surface area contributed by atoms with E-state index in [0.29, 0.717) is 30.8 Å². The maximum absolute atomic E-state index is 12.6. The molecule has 1 amide bonds. The number of amides is 1. The monoisotopic (exact) mass is 273 g/mol. The first-order chi connectivity index (χ1) is 9.53. The number of nitrogens with zero attached hydrogens (tertiary/aromatic N) is 1. The Morgan fingerprint density at radius 3 is 2.90 bits per heavy atom. The fraction of sp³-hybridized carbons (Fsp3) is 0.438. The average Bonchev–Trinajstić information content (AvgIpc) is 2.43. The number of aliphatic hydroxyl groups is 1. The minimum Gasteiger partial charge on any atom is -0.384 e. The van der Waals surface area contributed by atoms with Crippen LogP contribution in [-0.2, 0) is 4.74 Å². The van der Waals surface area contributed by atoms with Crippen LogP contribution >= 0.6 is 0 Å². The first-order valence-electron chi connectivity index (χ1n) is 6.65. The number of morpholine rings is 1. The highest BCUT2D eigenvalue weighted by molar-refractivity contribution is 5.96. The van der Waals surface area contributed by atoms with Crippen molar-refractivity contribution >= 4 is 5.91 Å². The number of hydrogen-bond acceptors (Lipinski definition) is 3. The lowest BCUT2D eigenvalue weighted by atomic mass is 10.0. The zero-order valence-corrected chi connectivity index (χ0v) is 11.8. The molecule has 20 heavy (non-hydrogen) atoms. The summed E-state index contributed by atoms with van der Waals surface area (Å²) in [4.78, 5) is 14.4. The van der Waals surface area contributed by atoms with Gasteiger partial charge in [-0.2, -0.15) is 0 Å². The quantitative estimate of drug-likeness (QED) is 0.784. The summed E-state index contributed by atoms with van der Waals surface area (Å²) in [5, 5.41) is 8.79. The fourth-order valence-corrected chi connectivity index (χ4v) is 2.27. The third kappa shape index (κ3) is 3.38. The SMILES string of the molecule is CC1(C)CN(C(=O)c2ccccc2C#CCO)CCO1. The summed E-state index contributed by atoms with van der Waals surface area (Å²) < 4.78 is 5.62. The number of carbonyl (C=O) groups excluding carboxylic acids is 1. The summed E-state index contributed by atoms with van der Waals surface area (Å²) in [6, 6.07) is 7.22. The van der Waals surface area contributed by atoms with Crippen molar-refractivity contribution in [2.24, 2.45) is 0 Å². The largest absolute Gasteiger partial charge is 0.384 e. The molecule has 0 aliphatic carbocycles. The molecule has 0 bridgehead atoms. The molecule has 0 saturated carbocycles. The van der Waals surface area contributed by atoms with E-state index in [-0.39, 0.29) is 18.1 Å². The van der Waals surface area contributed by atoms with Crippen LogP contribution in [-0.4, -0.2) is 47.8 Å². The summed E-state index contributed by atoms with van der Waals surface area (Å²) in [6.07, 6.45) is 0. The minimum absolute atomic E-state index is 0.0378. The molecule has 1 saturated heterocycles. The van der Waals surface area contributed by atoms with Gasteiger partial charge in [-0.25, -0.2) is 0 Å². The van der Waals surface area contributed by atoms with Crippen LogP contribution < -0.4 is 0 Å². The van der Waals surface area contributed by atoms with Crippen LogP contribution in [0.3, 0.4) is 0 Å². The maximum Gasteiger partial charge on any atom is 0.255 e. The van der Waals surface area contributed by atoms with E-state index >= 15 is 0 Å². The molecule has 4 nitrogen and oxygen atoms in total. The molecule has 4 heteroatoms. The van der Waals surface area contributed by atoms with Gasteiger partial charge in [0, 0.05) is 18.7 Å². The number of aliphatic hydroxyl groups excluding tert-OH is 1. The molecule has 1 N–H and O–H groups in total. The second kappa shape index (κ2) is 6.08. The van der Waals surface area contributed by atoms with Crippen molar-refractivity contribution in [2.45, 2.75) is 19.4 Å². The average molecular weight is 273 g/mol. The van der Waals surface area contributed by atoms with Crippen molar-refractivity contribution in [2.75, 3.05) is 26.3 Å². The van der Waals surface area contributed by atoms with E-state index in [4.69, 9.17) is 9.84 Å². The third-order valence-electron chi connectivity index (χ3n) is 3.17. The molecule has 0 atom stereocenters. The van der Waals surface area contributed by atoms with Gasteiger partial charge in [-0.05, 0) is 26.0 Å². The standard InChI is InChI=1S/C16H19NO3/c1-16(2)12-17(9-11-20-16)15(19)14-8-4-3-6-13(14)7-5-10-18/h3-4,6,8,18H,9-12H2,1-2H3. The van der Waals surface area contributed by atoms with Crippen LogP contribution in [0.1, 0.15) is 29.8 Å². The Hall–Kier alpha value is -1.83. The van der Waals surface area contributed by atoms with Crippen LogP contribution in [0, 0.1) is 11.8 Å². The fourth-order valence-electron chi connectivity index (χ4n) is 2.27. The highest BCUT2D eigenvalue weighted by Gasteiger charge is 2.30. The second-order valence-corrected chi connectivity index (χ2v) is 5.34. The smallest absolute Gasteiger partial charge is 0.255 e. The van der Waals surface area contributed by atoms with Gasteiger partial charge in [-0.1, -0.05) is 24.0 Å². The van der Waals surface area contributed by atoms with Crippen molar-refractivity contribution in [1.82, 2.24) is 4.90 Å². The lowest BCUT2D eigenvalue weighted by molar-refractivity contribution is -0.0764. The van der Waals surface area contributed by atoms with E-state index in [0.717, 1.165) is 0 Å². The predicted octanol–water partition coefficient (Wildman–Crippen LogP) is 1.28. The van der Waals surface area contributed by atoms with Gasteiger partial charge < -0.3 is 14.7 Å². The highest BCUT2D eigenvalue weighted by atomic mass is 16.5. The number of benzene rings is 1. The van der Waals surface area contributed by atoms with Crippen molar-refractivity contribution in [1.29, 1.82) is 0 Å². The summed E-state index contributed by atoms with van der Waals surface area (Å²) >= 11 is 0. The number of ether oxygens (including phenoxy) is 1. The Balaban J connectivity index is 2.25. The summed E-state index contributed by atoms with van der Waals surface area (Å²) in [5.41, 5.74) is 0.904. The van der Waals surface area contributed by atoms with Gasteiger partial charge in [-0.15, -0.1) is 0 Å². The van der Waals surface area contributed by atoms with Crippen molar-refractivity contribution in [3.05, 3.63) is 35.4 Å². The predicted molar refractivity (Wildman–Crippen MR) is 76.3 cm³/mol. The third-order valence-corrected chi connectivity index (χ3v) is 3.17. The van der Waals surface area contributed by atoms with Crippen molar-refractivity contribution < 1.29 is 14.6 Å². The Morgan fingerprint density at radius 2 is 2.20 bits per heavy atom. The zero-order valence-electron chi connectivity index (χ0n) is 11.8. The van der Waals surface area contributed by atoms with Crippen molar-refractivity contribution in [3.8, 4) is 11.8 Å². The van der Waals surface area contributed by atoms with Crippen LogP contribution in [0.4, 0.5) is 0 Å². The van der Waals surface area contributed by atoms with Gasteiger partial charge in [0.1, 0.15) is 6.61 Å². The van der Waals surface area contributed by atoms with Gasteiger partial charge in [0.2, 0.25) is 0 Å². The molecule has 0 radical (unpaired) electrons. The molecule has 106 valence electrons. The normalized spacial score (nSPS) is 17.2. The molecule has 1 aliphatic heterocycles. The molecule has 1 aliphatic rings. The molecule has 1 aromatic rings. The Labute approximate surface area is 119 Å². The summed E-state index contributed by atoms with van der Waals surface area (Å²) in [6.45, 7) is 5.43. The van der Waals surface area contributed by atoms with Crippen LogP contribution in [0.5, 0.6) is 0 Å². The van der Waals surface area contributed by atoms with Crippen molar-refractivity contribution in [3.63, 3.8) is 0 Å². The Kier molecular flexibility index (Phi) is 4.43. The molecular weight excluding hydrogens is 254 g/mol. The molecule has 0 spiro atoms. The van der Waals surface area contributed by atoms with Gasteiger partial charge in [0.05, 0.1) is 17.8 Å². The zero-order chi connectivity index (χ0) is 14.6. The number of hydrogen-bond donors (Lipinski definition) is 1. The van der Waals surface area contributed by atoms with Crippen LogP contribution in [0.25, 0.3) is 0 Å². The van der Waals surface area contributed by atoms with E-state index in [1.165, 1.54) is 0 Å². The molecule has 1 heterocycles. The van der Waals surface area contributed by atoms with E-state index < -0.39 is 0 Å². The minimum atomic E-state index is -0.320. The van der Waals surface area contributed by atoms with Gasteiger partial charge in [-0.3, -0.25) is 4.79 Å². The number of rotatable bonds is 1. The van der Waals surface area contributed by atoms with E-state index in [1.807, 2.05) is 26.0 Å². The van der Waals surface area contributed by atoms with E-state index in [1.54, 1.807) is 17.0 Å². The highest BCUT2D eigenvalue weighted by Crippen LogP contribution is 2.19. The van der Waals surface area contributed by atoms with E-state index in [2.05, 4.69) is 11.8 Å². The topological polar surface area (TPSA) is 49.8 Å². The Morgan fingerprint density at radius 1 is 1.45 bits per heavy atom. The first-order valence-corrected chi connectivity index (χ1v) is 6.65. The molecule has 1 aromatic carbocycles. The number of carbonyl (C=O) groups is 1. The molecule has 0 aromatic heterocycles. The second-order valence-electron chi connectivity index (χ2n) is 5.34. The van der Waals surface area contributed by atoms with Gasteiger partial charge in [0.25, 0.3) is 5.91 Å². The lowest BCUT2D eigenvalue weighted by Crippen LogP contribution is -2.50. The first kappa shape index (κ1) is 14.6. The summed E-state index contributed by atoms with van der Waals surface area (Å²) in [5.74, 6) is 5.38. The van der Waals surface area contributed by atoms with Crippen LogP contribution in [0.15, 0.2) is 24.3 Å². The lowest BCUT2D eigenvalue weighted by Gasteiger charge is -2.38. The summed E-state index contributed by atoms with van der Waals surface area (Å²) in [7, 11) is 0. The molecule has 0 unspecified atom stereocenters. The molecule has 1 fully saturated rings. The Bertz CT molecular complexity index is 554. The molecule has 2 rings (SSSR count). The maximum atomic E-state index is 12.6. The van der Waals surface area contributed by atoms with Gasteiger partial charge >= 0.3 is 0 Å². The van der Waals surface area contributed by atoms with Crippen LogP contribution in [0.2, 0.25) is 0 Å². The van der Waals surface area contributed by atoms with E-state index in [9.17, 15) is 4.79 Å². The molecular formula is C16H19NO3. The van der Waals surface area contributed by atoms with Gasteiger partial charge in [0.15, 0.2) is 0 Å².